The fourth-order valence-corrected chi connectivity index (χ4v) is 3.80. The van der Waals surface area contributed by atoms with Crippen LogP contribution in [-0.4, -0.2) is 37.2 Å². The quantitative estimate of drug-likeness (QED) is 0.768. The Morgan fingerprint density at radius 1 is 1.44 bits per heavy atom. The van der Waals surface area contributed by atoms with E-state index in [-0.39, 0.29) is 17.7 Å². The van der Waals surface area contributed by atoms with Gasteiger partial charge in [0.25, 0.3) is 0 Å². The Hall–Kier alpha value is -0.130. The van der Waals surface area contributed by atoms with Gasteiger partial charge in [0.05, 0.1) is 10.9 Å². The van der Waals surface area contributed by atoms with Gasteiger partial charge in [0.1, 0.15) is 9.84 Å². The van der Waals surface area contributed by atoms with Crippen molar-refractivity contribution in [2.24, 2.45) is 11.7 Å². The molecule has 0 heterocycles. The predicted molar refractivity (Wildman–Crippen MR) is 64.9 cm³/mol. The highest BCUT2D eigenvalue weighted by atomic mass is 32.2. The second-order valence-electron chi connectivity index (χ2n) is 4.98. The number of aliphatic hydroxyl groups is 1. The minimum absolute atomic E-state index is 0.0241. The minimum Gasteiger partial charge on any atom is -0.388 e. The molecule has 0 aromatic heterocycles. The van der Waals surface area contributed by atoms with Crippen LogP contribution in [0.3, 0.4) is 0 Å². The summed E-state index contributed by atoms with van der Waals surface area (Å²) in [6, 6.07) is 0. The van der Waals surface area contributed by atoms with Crippen molar-refractivity contribution in [1.82, 2.24) is 0 Å². The summed E-state index contributed by atoms with van der Waals surface area (Å²) in [4.78, 5) is 0. The average molecular weight is 249 g/mol. The topological polar surface area (TPSA) is 80.4 Å². The van der Waals surface area contributed by atoms with Gasteiger partial charge >= 0.3 is 0 Å². The van der Waals surface area contributed by atoms with Gasteiger partial charge in [0, 0.05) is 12.8 Å². The van der Waals surface area contributed by atoms with Crippen molar-refractivity contribution in [3.05, 3.63) is 0 Å². The first-order valence-corrected chi connectivity index (χ1v) is 7.90. The lowest BCUT2D eigenvalue weighted by Gasteiger charge is -2.39. The SMILES string of the molecule is CCC(O)(CN)C1CCCC(S(C)(=O)=O)C1. The predicted octanol–water partition coefficient (Wildman–Crippen LogP) is 0.690. The van der Waals surface area contributed by atoms with Gasteiger partial charge in [-0.25, -0.2) is 8.42 Å². The van der Waals surface area contributed by atoms with Gasteiger partial charge < -0.3 is 10.8 Å². The van der Waals surface area contributed by atoms with Gasteiger partial charge in [-0.2, -0.15) is 0 Å². The first-order chi connectivity index (χ1) is 7.33. The summed E-state index contributed by atoms with van der Waals surface area (Å²) in [5, 5.41) is 10.0. The third-order valence-corrected chi connectivity index (χ3v) is 5.60. The van der Waals surface area contributed by atoms with Gasteiger partial charge in [-0.15, -0.1) is 0 Å². The Kier molecular flexibility index (Phi) is 4.37. The molecule has 0 spiro atoms. The number of hydrogen-bond donors (Lipinski definition) is 2. The van der Waals surface area contributed by atoms with Crippen LogP contribution in [-0.2, 0) is 9.84 Å². The summed E-state index contributed by atoms with van der Waals surface area (Å²) in [6.07, 6.45) is 4.90. The minimum atomic E-state index is -2.99. The monoisotopic (exact) mass is 249 g/mol. The molecule has 0 aromatic carbocycles. The Morgan fingerprint density at radius 3 is 2.50 bits per heavy atom. The first kappa shape index (κ1) is 13.9. The first-order valence-electron chi connectivity index (χ1n) is 5.95. The van der Waals surface area contributed by atoms with Gasteiger partial charge in [-0.1, -0.05) is 13.3 Å². The summed E-state index contributed by atoms with van der Waals surface area (Å²) in [5.41, 5.74) is 4.72. The van der Waals surface area contributed by atoms with Crippen LogP contribution >= 0.6 is 0 Å². The molecular weight excluding hydrogens is 226 g/mol. The maximum Gasteiger partial charge on any atom is 0.150 e. The molecule has 1 fully saturated rings. The van der Waals surface area contributed by atoms with Crippen molar-refractivity contribution in [2.75, 3.05) is 12.8 Å². The molecule has 0 bridgehead atoms. The molecule has 3 unspecified atom stereocenters. The van der Waals surface area contributed by atoms with Crippen LogP contribution in [0, 0.1) is 5.92 Å². The molecule has 0 radical (unpaired) electrons. The molecule has 1 aliphatic rings. The van der Waals surface area contributed by atoms with Crippen molar-refractivity contribution >= 4 is 9.84 Å². The second-order valence-corrected chi connectivity index (χ2v) is 7.30. The Balaban J connectivity index is 2.78. The molecule has 4 nitrogen and oxygen atoms in total. The summed E-state index contributed by atoms with van der Waals surface area (Å²) >= 11 is 0. The van der Waals surface area contributed by atoms with Crippen molar-refractivity contribution < 1.29 is 13.5 Å². The van der Waals surface area contributed by atoms with Crippen LogP contribution in [0.5, 0.6) is 0 Å². The summed E-state index contributed by atoms with van der Waals surface area (Å²) in [6.45, 7) is 2.11. The van der Waals surface area contributed by atoms with E-state index in [2.05, 4.69) is 0 Å². The number of rotatable bonds is 4. The molecule has 1 saturated carbocycles. The highest BCUT2D eigenvalue weighted by molar-refractivity contribution is 7.91. The van der Waals surface area contributed by atoms with E-state index in [1.807, 2.05) is 6.92 Å². The summed E-state index contributed by atoms with van der Waals surface area (Å²) in [7, 11) is -2.99. The molecule has 0 aliphatic heterocycles. The summed E-state index contributed by atoms with van der Waals surface area (Å²) < 4.78 is 23.0. The Labute approximate surface area is 98.1 Å². The molecular formula is C11H23NO3S. The van der Waals surface area contributed by atoms with E-state index >= 15 is 0 Å². The summed E-state index contributed by atoms with van der Waals surface area (Å²) in [5.74, 6) is 0.0241. The van der Waals surface area contributed by atoms with E-state index in [4.69, 9.17) is 5.73 Å². The third kappa shape index (κ3) is 2.96. The maximum absolute atomic E-state index is 11.5. The van der Waals surface area contributed by atoms with E-state index in [1.165, 1.54) is 6.26 Å². The lowest BCUT2D eigenvalue weighted by molar-refractivity contribution is -0.0275. The van der Waals surface area contributed by atoms with Crippen LogP contribution in [0.4, 0.5) is 0 Å². The lowest BCUT2D eigenvalue weighted by atomic mass is 9.75. The molecule has 1 aliphatic carbocycles. The van der Waals surface area contributed by atoms with Crippen LogP contribution in [0.2, 0.25) is 0 Å². The van der Waals surface area contributed by atoms with E-state index in [0.717, 1.165) is 19.3 Å². The van der Waals surface area contributed by atoms with Gasteiger partial charge in [-0.3, -0.25) is 0 Å². The fourth-order valence-electron chi connectivity index (χ4n) is 2.62. The molecule has 1 rings (SSSR count). The highest BCUT2D eigenvalue weighted by Crippen LogP contribution is 2.36. The molecule has 0 aromatic rings. The Bertz CT molecular complexity index is 322. The van der Waals surface area contributed by atoms with Crippen LogP contribution in [0.25, 0.3) is 0 Å². The van der Waals surface area contributed by atoms with Crippen LogP contribution in [0.15, 0.2) is 0 Å². The van der Waals surface area contributed by atoms with E-state index in [9.17, 15) is 13.5 Å². The maximum atomic E-state index is 11.5. The highest BCUT2D eigenvalue weighted by Gasteiger charge is 2.39. The molecule has 16 heavy (non-hydrogen) atoms. The Morgan fingerprint density at radius 2 is 2.06 bits per heavy atom. The van der Waals surface area contributed by atoms with Crippen molar-refractivity contribution in [1.29, 1.82) is 0 Å². The van der Waals surface area contributed by atoms with Gasteiger partial charge in [0.2, 0.25) is 0 Å². The molecule has 0 amide bonds. The second kappa shape index (κ2) is 5.02. The zero-order valence-corrected chi connectivity index (χ0v) is 11.0. The van der Waals surface area contributed by atoms with Crippen molar-refractivity contribution in [2.45, 2.75) is 49.9 Å². The zero-order valence-electron chi connectivity index (χ0n) is 10.1. The lowest BCUT2D eigenvalue weighted by Crippen LogP contribution is -2.47. The molecule has 3 atom stereocenters. The zero-order chi connectivity index (χ0) is 12.4. The van der Waals surface area contributed by atoms with Crippen molar-refractivity contribution in [3.8, 4) is 0 Å². The molecule has 96 valence electrons. The van der Waals surface area contributed by atoms with E-state index in [1.54, 1.807) is 0 Å². The smallest absolute Gasteiger partial charge is 0.150 e. The molecule has 5 heteroatoms. The number of sulfone groups is 1. The van der Waals surface area contributed by atoms with E-state index < -0.39 is 15.4 Å². The third-order valence-electron chi connectivity index (χ3n) is 3.96. The van der Waals surface area contributed by atoms with Crippen LogP contribution < -0.4 is 5.73 Å². The largest absolute Gasteiger partial charge is 0.388 e. The number of hydrogen-bond acceptors (Lipinski definition) is 4. The molecule has 3 N–H and O–H groups in total. The number of nitrogens with two attached hydrogens (primary N) is 1. The average Bonchev–Trinajstić information content (AvgIpc) is 2.27. The van der Waals surface area contributed by atoms with Gasteiger partial charge in [-0.05, 0) is 31.6 Å². The normalized spacial score (nSPS) is 31.0. The van der Waals surface area contributed by atoms with E-state index in [0.29, 0.717) is 12.8 Å². The standard InChI is InChI=1S/C11H23NO3S/c1-3-11(13,8-12)9-5-4-6-10(7-9)16(2,14)15/h9-10,13H,3-8,12H2,1-2H3. The van der Waals surface area contributed by atoms with Crippen molar-refractivity contribution in [3.63, 3.8) is 0 Å². The van der Waals surface area contributed by atoms with Gasteiger partial charge in [0.15, 0.2) is 0 Å². The molecule has 0 saturated heterocycles. The fraction of sp³-hybridized carbons (Fsp3) is 1.00. The van der Waals surface area contributed by atoms with Crippen LogP contribution in [0.1, 0.15) is 39.0 Å².